The van der Waals surface area contributed by atoms with Crippen LogP contribution in [0.2, 0.25) is 18.1 Å². The lowest BCUT2D eigenvalue weighted by atomic mass is 10.2. The van der Waals surface area contributed by atoms with Gasteiger partial charge < -0.3 is 9.16 Å². The summed E-state index contributed by atoms with van der Waals surface area (Å²) >= 11 is 0. The summed E-state index contributed by atoms with van der Waals surface area (Å²) in [6, 6.07) is 3.40. The van der Waals surface area contributed by atoms with Gasteiger partial charge in [-0.25, -0.2) is 0 Å². The third-order valence-electron chi connectivity index (χ3n) is 2.96. The van der Waals surface area contributed by atoms with Gasteiger partial charge in [0.05, 0.1) is 17.6 Å². The fraction of sp³-hybridized carbons (Fsp3) is 0.714. The van der Waals surface area contributed by atoms with Gasteiger partial charge in [0.1, 0.15) is 0 Å². The molecule has 0 fully saturated rings. The van der Waals surface area contributed by atoms with E-state index in [1.54, 1.807) is 6.26 Å². The van der Waals surface area contributed by atoms with E-state index in [1.165, 1.54) is 0 Å². The minimum absolute atomic E-state index is 0.161. The van der Waals surface area contributed by atoms with E-state index in [-0.39, 0.29) is 5.60 Å². The summed E-state index contributed by atoms with van der Waals surface area (Å²) < 4.78 is 11.6. The van der Waals surface area contributed by atoms with Crippen LogP contribution in [0.1, 0.15) is 41.5 Å². The Labute approximate surface area is 108 Å². The van der Waals surface area contributed by atoms with Gasteiger partial charge >= 0.3 is 0 Å². The Bertz CT molecular complexity index is 252. The molecule has 0 rings (SSSR count). The molecule has 2 nitrogen and oxygen atoms in total. The SMILES string of the molecule is C=C(/C=C/OC(C)(C)C)O[Si](CC)(CC)CC. The molecule has 0 unspecified atom stereocenters. The first-order valence-electron chi connectivity index (χ1n) is 6.51. The van der Waals surface area contributed by atoms with Gasteiger partial charge in [-0.15, -0.1) is 0 Å². The molecule has 0 N–H and O–H groups in total. The normalized spacial score (nSPS) is 12.8. The lowest BCUT2D eigenvalue weighted by molar-refractivity contribution is 0.0763. The van der Waals surface area contributed by atoms with Crippen molar-refractivity contribution in [2.24, 2.45) is 0 Å². The van der Waals surface area contributed by atoms with Crippen LogP contribution in [0.4, 0.5) is 0 Å². The zero-order valence-electron chi connectivity index (χ0n) is 12.3. The lowest BCUT2D eigenvalue weighted by Crippen LogP contribution is -2.34. The second-order valence-electron chi connectivity index (χ2n) is 5.35. The predicted octanol–water partition coefficient (Wildman–Crippen LogP) is 4.85. The zero-order valence-corrected chi connectivity index (χ0v) is 13.3. The van der Waals surface area contributed by atoms with Gasteiger partial charge in [-0.2, -0.15) is 0 Å². The van der Waals surface area contributed by atoms with E-state index >= 15 is 0 Å². The molecule has 0 saturated heterocycles. The molecule has 0 aromatic heterocycles. The predicted molar refractivity (Wildman–Crippen MR) is 77.4 cm³/mol. The van der Waals surface area contributed by atoms with Gasteiger partial charge in [-0.05, 0) is 38.9 Å². The molecule has 0 atom stereocenters. The Balaban J connectivity index is 4.34. The van der Waals surface area contributed by atoms with E-state index in [9.17, 15) is 0 Å². The summed E-state index contributed by atoms with van der Waals surface area (Å²) in [7, 11) is -1.58. The van der Waals surface area contributed by atoms with Gasteiger partial charge in [-0.3, -0.25) is 0 Å². The third-order valence-corrected chi connectivity index (χ3v) is 7.52. The van der Waals surface area contributed by atoms with Crippen molar-refractivity contribution in [2.45, 2.75) is 65.3 Å². The molecule has 0 amide bonds. The van der Waals surface area contributed by atoms with Crippen LogP contribution in [-0.4, -0.2) is 13.9 Å². The number of ether oxygens (including phenoxy) is 1. The average molecular weight is 256 g/mol. The van der Waals surface area contributed by atoms with Crippen LogP contribution in [0.15, 0.2) is 24.7 Å². The Morgan fingerprint density at radius 2 is 1.59 bits per heavy atom. The fourth-order valence-corrected chi connectivity index (χ4v) is 4.15. The van der Waals surface area contributed by atoms with E-state index in [4.69, 9.17) is 9.16 Å². The molecular formula is C14H28O2Si. The summed E-state index contributed by atoms with van der Waals surface area (Å²) in [6.45, 7) is 16.6. The van der Waals surface area contributed by atoms with Gasteiger partial charge in [0.15, 0.2) is 0 Å². The van der Waals surface area contributed by atoms with Crippen molar-refractivity contribution in [3.8, 4) is 0 Å². The van der Waals surface area contributed by atoms with Crippen molar-refractivity contribution in [2.75, 3.05) is 0 Å². The minimum atomic E-state index is -1.58. The van der Waals surface area contributed by atoms with Crippen LogP contribution in [0, 0.1) is 0 Å². The Hall–Kier alpha value is -0.703. The number of hydrogen-bond donors (Lipinski definition) is 0. The summed E-state index contributed by atoms with van der Waals surface area (Å²) in [5.41, 5.74) is -0.161. The Kier molecular flexibility index (Phi) is 6.61. The van der Waals surface area contributed by atoms with Crippen molar-refractivity contribution < 1.29 is 9.16 Å². The van der Waals surface area contributed by atoms with Crippen LogP contribution in [0.25, 0.3) is 0 Å². The quantitative estimate of drug-likeness (QED) is 0.368. The maximum atomic E-state index is 6.08. The molecule has 0 radical (unpaired) electrons. The molecule has 0 aromatic rings. The highest BCUT2D eigenvalue weighted by Gasteiger charge is 2.30. The van der Waals surface area contributed by atoms with Crippen LogP contribution < -0.4 is 0 Å². The van der Waals surface area contributed by atoms with Gasteiger partial charge in [-0.1, -0.05) is 27.4 Å². The van der Waals surface area contributed by atoms with Crippen molar-refractivity contribution >= 4 is 8.32 Å². The van der Waals surface area contributed by atoms with E-state index in [0.29, 0.717) is 0 Å². The highest BCUT2D eigenvalue weighted by atomic mass is 28.4. The summed E-state index contributed by atoms with van der Waals surface area (Å²) in [5, 5.41) is 0. The second-order valence-corrected chi connectivity index (χ2v) is 10.0. The van der Waals surface area contributed by atoms with Gasteiger partial charge in [0.25, 0.3) is 0 Å². The molecule has 0 saturated carbocycles. The maximum absolute atomic E-state index is 6.08. The molecule has 0 spiro atoms. The number of rotatable bonds is 7. The number of allylic oxidation sites excluding steroid dienone is 1. The Morgan fingerprint density at radius 1 is 1.12 bits per heavy atom. The van der Waals surface area contributed by atoms with Crippen LogP contribution in [0.3, 0.4) is 0 Å². The molecule has 0 aliphatic rings. The maximum Gasteiger partial charge on any atom is 0.250 e. The Morgan fingerprint density at radius 3 is 1.94 bits per heavy atom. The van der Waals surface area contributed by atoms with E-state index < -0.39 is 8.32 Å². The van der Waals surface area contributed by atoms with E-state index in [0.717, 1.165) is 23.9 Å². The van der Waals surface area contributed by atoms with Crippen molar-refractivity contribution in [3.05, 3.63) is 24.7 Å². The molecule has 0 bridgehead atoms. The second kappa shape index (κ2) is 6.89. The van der Waals surface area contributed by atoms with E-state index in [1.807, 2.05) is 26.8 Å². The first-order chi connectivity index (χ1) is 7.78. The molecular weight excluding hydrogens is 228 g/mol. The number of hydrogen-bond acceptors (Lipinski definition) is 2. The summed E-state index contributed by atoms with van der Waals surface area (Å²) in [6.07, 6.45) is 3.51. The van der Waals surface area contributed by atoms with Crippen LogP contribution >= 0.6 is 0 Å². The lowest BCUT2D eigenvalue weighted by Gasteiger charge is -2.29. The highest BCUT2D eigenvalue weighted by Crippen LogP contribution is 2.24. The van der Waals surface area contributed by atoms with Gasteiger partial charge in [0.2, 0.25) is 8.32 Å². The summed E-state index contributed by atoms with van der Waals surface area (Å²) in [5.74, 6) is 0.728. The highest BCUT2D eigenvalue weighted by molar-refractivity contribution is 6.73. The molecule has 0 aromatic carbocycles. The van der Waals surface area contributed by atoms with Crippen LogP contribution in [-0.2, 0) is 9.16 Å². The largest absolute Gasteiger partial charge is 0.544 e. The van der Waals surface area contributed by atoms with Crippen LogP contribution in [0.5, 0.6) is 0 Å². The molecule has 0 heterocycles. The van der Waals surface area contributed by atoms with E-state index in [2.05, 4.69) is 27.4 Å². The van der Waals surface area contributed by atoms with Crippen molar-refractivity contribution in [1.82, 2.24) is 0 Å². The smallest absolute Gasteiger partial charge is 0.250 e. The third kappa shape index (κ3) is 6.57. The molecule has 17 heavy (non-hydrogen) atoms. The fourth-order valence-electron chi connectivity index (χ4n) is 1.59. The molecule has 0 aliphatic carbocycles. The minimum Gasteiger partial charge on any atom is -0.544 e. The van der Waals surface area contributed by atoms with Crippen molar-refractivity contribution in [1.29, 1.82) is 0 Å². The average Bonchev–Trinajstić information content (AvgIpc) is 2.24. The molecule has 100 valence electrons. The monoisotopic (exact) mass is 256 g/mol. The van der Waals surface area contributed by atoms with Crippen molar-refractivity contribution in [3.63, 3.8) is 0 Å². The zero-order chi connectivity index (χ0) is 13.5. The topological polar surface area (TPSA) is 18.5 Å². The summed E-state index contributed by atoms with van der Waals surface area (Å²) in [4.78, 5) is 0. The molecule has 3 heteroatoms. The first kappa shape index (κ1) is 16.3. The standard InChI is InChI=1S/C14H28O2Si/c1-8-17(9-2,10-3)16-13(4)11-12-15-14(5,6)7/h11-12H,4,8-10H2,1-3,5-7H3/b12-11+. The molecule has 0 aliphatic heterocycles. The first-order valence-corrected chi connectivity index (χ1v) is 9.04. The van der Waals surface area contributed by atoms with Gasteiger partial charge in [0, 0.05) is 6.08 Å².